The molecule has 0 aromatic carbocycles. The molecule has 0 radical (unpaired) electrons. The van der Waals surface area contributed by atoms with Crippen LogP contribution in [0.3, 0.4) is 0 Å². The normalized spacial score (nSPS) is 10.2. The molecule has 0 unspecified atom stereocenters. The molecular weight excluding hydrogens is 161 g/mol. The van der Waals surface area contributed by atoms with Crippen molar-refractivity contribution in [1.29, 1.82) is 0 Å². The first kappa shape index (κ1) is 8.04. The van der Waals surface area contributed by atoms with E-state index >= 15 is 0 Å². The fraction of sp³-hybridized carbons (Fsp3) is 0.111. The maximum absolute atomic E-state index is 4.29. The van der Waals surface area contributed by atoms with Crippen LogP contribution in [0.15, 0.2) is 30.6 Å². The number of aromatic nitrogens is 3. The number of nitrogens with zero attached hydrogens (tertiary/aromatic N) is 3. The molecule has 0 amide bonds. The second kappa shape index (κ2) is 3.05. The van der Waals surface area contributed by atoms with Crippen molar-refractivity contribution in [1.82, 2.24) is 14.8 Å². The summed E-state index contributed by atoms with van der Waals surface area (Å²) >= 11 is 0. The summed E-state index contributed by atoms with van der Waals surface area (Å²) in [6.45, 7) is 0. The Hall–Kier alpha value is -1.58. The Morgan fingerprint density at radius 1 is 1.23 bits per heavy atom. The number of hydrogen-bond donors (Lipinski definition) is 0. The SMILES string of the molecule is Bc1ccc(-c2ccn(C)n2)nc1. The molecule has 64 valence electrons. The van der Waals surface area contributed by atoms with Crippen LogP contribution < -0.4 is 5.46 Å². The minimum atomic E-state index is 0.919. The molecule has 0 N–H and O–H groups in total. The largest absolute Gasteiger partial charge is 0.275 e. The van der Waals surface area contributed by atoms with Crippen LogP contribution in [0.4, 0.5) is 0 Å². The zero-order valence-corrected chi connectivity index (χ0v) is 7.73. The first-order valence-corrected chi connectivity index (χ1v) is 4.18. The number of rotatable bonds is 1. The molecule has 2 rings (SSSR count). The molecule has 0 saturated heterocycles. The average molecular weight is 171 g/mol. The molecule has 13 heavy (non-hydrogen) atoms. The van der Waals surface area contributed by atoms with E-state index < -0.39 is 0 Å². The standard InChI is InChI=1S/C9H10BN3/c1-13-5-4-9(12-13)8-3-2-7(10)6-11-8/h2-6H,10H2,1H3. The van der Waals surface area contributed by atoms with Crippen LogP contribution in [-0.2, 0) is 7.05 Å². The van der Waals surface area contributed by atoms with Gasteiger partial charge in [0.2, 0.25) is 0 Å². The van der Waals surface area contributed by atoms with Gasteiger partial charge < -0.3 is 0 Å². The van der Waals surface area contributed by atoms with Gasteiger partial charge in [-0.2, -0.15) is 5.10 Å². The summed E-state index contributed by atoms with van der Waals surface area (Å²) in [7, 11) is 3.92. The van der Waals surface area contributed by atoms with Crippen LogP contribution in [0.1, 0.15) is 0 Å². The number of aryl methyl sites for hydroxylation is 1. The van der Waals surface area contributed by atoms with E-state index in [0.717, 1.165) is 11.4 Å². The predicted octanol–water partition coefficient (Wildman–Crippen LogP) is -0.260. The lowest BCUT2D eigenvalue weighted by atomic mass is 9.98. The first-order valence-electron chi connectivity index (χ1n) is 4.18. The summed E-state index contributed by atoms with van der Waals surface area (Å²) in [5, 5.41) is 4.26. The van der Waals surface area contributed by atoms with Crippen LogP contribution in [-0.4, -0.2) is 22.6 Å². The third-order valence-corrected chi connectivity index (χ3v) is 1.89. The maximum Gasteiger partial charge on any atom is 0.141 e. The fourth-order valence-electron chi connectivity index (χ4n) is 1.17. The summed E-state index contributed by atoms with van der Waals surface area (Å²) in [5.74, 6) is 0. The van der Waals surface area contributed by atoms with Gasteiger partial charge in [0.25, 0.3) is 0 Å². The van der Waals surface area contributed by atoms with Gasteiger partial charge in [0, 0.05) is 19.4 Å². The molecule has 0 aliphatic rings. The summed E-state index contributed by atoms with van der Waals surface area (Å²) in [5.41, 5.74) is 3.01. The van der Waals surface area contributed by atoms with E-state index in [2.05, 4.69) is 10.1 Å². The smallest absolute Gasteiger partial charge is 0.141 e. The van der Waals surface area contributed by atoms with E-state index in [1.807, 2.05) is 45.5 Å². The summed E-state index contributed by atoms with van der Waals surface area (Å²) in [6, 6.07) is 5.98. The van der Waals surface area contributed by atoms with Gasteiger partial charge in [-0.1, -0.05) is 11.5 Å². The van der Waals surface area contributed by atoms with Crippen LogP contribution in [0.5, 0.6) is 0 Å². The molecule has 0 saturated carbocycles. The molecule has 0 bridgehead atoms. The second-order valence-corrected chi connectivity index (χ2v) is 3.10. The predicted molar refractivity (Wildman–Crippen MR) is 54.6 cm³/mol. The summed E-state index contributed by atoms with van der Waals surface area (Å²) in [6.07, 6.45) is 3.76. The highest BCUT2D eigenvalue weighted by Crippen LogP contribution is 2.11. The van der Waals surface area contributed by atoms with E-state index in [0.29, 0.717) is 0 Å². The second-order valence-electron chi connectivity index (χ2n) is 3.10. The Labute approximate surface area is 77.8 Å². The lowest BCUT2D eigenvalue weighted by Crippen LogP contribution is -2.02. The van der Waals surface area contributed by atoms with Crippen molar-refractivity contribution in [2.24, 2.45) is 7.05 Å². The van der Waals surface area contributed by atoms with Crippen molar-refractivity contribution in [2.45, 2.75) is 0 Å². The minimum absolute atomic E-state index is 0.919. The van der Waals surface area contributed by atoms with Crippen LogP contribution in [0.2, 0.25) is 0 Å². The molecule has 0 aliphatic heterocycles. The molecule has 0 aliphatic carbocycles. The van der Waals surface area contributed by atoms with Crippen molar-refractivity contribution >= 4 is 13.3 Å². The van der Waals surface area contributed by atoms with Gasteiger partial charge in [0.05, 0.1) is 5.69 Å². The van der Waals surface area contributed by atoms with Gasteiger partial charge >= 0.3 is 0 Å². The minimum Gasteiger partial charge on any atom is -0.275 e. The van der Waals surface area contributed by atoms with Gasteiger partial charge in [-0.15, -0.1) is 0 Å². The van der Waals surface area contributed by atoms with E-state index in [1.165, 1.54) is 5.46 Å². The lowest BCUT2D eigenvalue weighted by molar-refractivity contribution is 0.770. The van der Waals surface area contributed by atoms with E-state index in [4.69, 9.17) is 0 Å². The van der Waals surface area contributed by atoms with Crippen molar-refractivity contribution in [2.75, 3.05) is 0 Å². The van der Waals surface area contributed by atoms with E-state index in [-0.39, 0.29) is 0 Å². The molecule has 3 nitrogen and oxygen atoms in total. The third-order valence-electron chi connectivity index (χ3n) is 1.89. The highest BCUT2D eigenvalue weighted by molar-refractivity contribution is 6.32. The molecular formula is C9H10BN3. The first-order chi connectivity index (χ1) is 6.25. The van der Waals surface area contributed by atoms with Gasteiger partial charge in [-0.3, -0.25) is 9.67 Å². The zero-order chi connectivity index (χ0) is 9.26. The van der Waals surface area contributed by atoms with Gasteiger partial charge in [0.15, 0.2) is 0 Å². The quantitative estimate of drug-likeness (QED) is 0.553. The number of hydrogen-bond acceptors (Lipinski definition) is 2. The van der Waals surface area contributed by atoms with Crippen LogP contribution in [0.25, 0.3) is 11.4 Å². The summed E-state index contributed by atoms with van der Waals surface area (Å²) < 4.78 is 1.77. The Morgan fingerprint density at radius 3 is 2.62 bits per heavy atom. The maximum atomic E-state index is 4.29. The zero-order valence-electron chi connectivity index (χ0n) is 7.73. The highest BCUT2D eigenvalue weighted by Gasteiger charge is 2.00. The molecule has 0 spiro atoms. The van der Waals surface area contributed by atoms with Crippen LogP contribution >= 0.6 is 0 Å². The fourth-order valence-corrected chi connectivity index (χ4v) is 1.17. The van der Waals surface area contributed by atoms with Crippen molar-refractivity contribution in [3.63, 3.8) is 0 Å². The van der Waals surface area contributed by atoms with Gasteiger partial charge in [-0.25, -0.2) is 0 Å². The molecule has 0 fully saturated rings. The Balaban J connectivity index is 2.41. The molecule has 0 atom stereocenters. The molecule has 2 aromatic heterocycles. The monoisotopic (exact) mass is 171 g/mol. The Kier molecular flexibility index (Phi) is 1.89. The van der Waals surface area contributed by atoms with Crippen LogP contribution in [0, 0.1) is 0 Å². The van der Waals surface area contributed by atoms with Crippen molar-refractivity contribution < 1.29 is 0 Å². The topological polar surface area (TPSA) is 30.7 Å². The highest BCUT2D eigenvalue weighted by atomic mass is 15.2. The molecule has 2 heterocycles. The van der Waals surface area contributed by atoms with Gasteiger partial charge in [-0.05, 0) is 12.1 Å². The van der Waals surface area contributed by atoms with Gasteiger partial charge in [0.1, 0.15) is 13.5 Å². The van der Waals surface area contributed by atoms with E-state index in [1.54, 1.807) is 4.68 Å². The number of pyridine rings is 1. The summed E-state index contributed by atoms with van der Waals surface area (Å²) in [4.78, 5) is 4.29. The van der Waals surface area contributed by atoms with E-state index in [9.17, 15) is 0 Å². The Bertz CT molecular complexity index is 405. The van der Waals surface area contributed by atoms with Crippen molar-refractivity contribution in [3.05, 3.63) is 30.6 Å². The molecule has 4 heteroatoms. The average Bonchev–Trinajstić information content (AvgIpc) is 2.53. The third kappa shape index (κ3) is 1.61. The Morgan fingerprint density at radius 2 is 2.08 bits per heavy atom. The van der Waals surface area contributed by atoms with Crippen molar-refractivity contribution in [3.8, 4) is 11.4 Å². The molecule has 2 aromatic rings. The lowest BCUT2D eigenvalue weighted by Gasteiger charge is -1.95.